The molecule has 0 bridgehead atoms. The molecule has 2 aromatic rings. The fraction of sp³-hybridized carbons (Fsp3) is 0.391. The van der Waals surface area contributed by atoms with Gasteiger partial charge in [-0.05, 0) is 54.7 Å². The van der Waals surface area contributed by atoms with Crippen molar-refractivity contribution in [2.75, 3.05) is 26.7 Å². The van der Waals surface area contributed by atoms with E-state index in [4.69, 9.17) is 22.1 Å². The van der Waals surface area contributed by atoms with Crippen LogP contribution in [0.3, 0.4) is 0 Å². The van der Waals surface area contributed by atoms with E-state index in [2.05, 4.69) is 0 Å². The van der Waals surface area contributed by atoms with Crippen LogP contribution >= 0.6 is 11.6 Å². The first-order valence-corrected chi connectivity index (χ1v) is 10.5. The number of benzene rings is 2. The molecule has 1 unspecified atom stereocenters. The number of nitrogens with two attached hydrogens (primary N) is 1. The predicted molar refractivity (Wildman–Crippen MR) is 117 cm³/mol. The summed E-state index contributed by atoms with van der Waals surface area (Å²) in [5.41, 5.74) is 7.55. The molecule has 2 N–H and O–H groups in total. The van der Waals surface area contributed by atoms with Crippen molar-refractivity contribution in [3.05, 3.63) is 64.7 Å². The standard InChI is InChI=1S/C23H28ClN3O3/c1-30-21-9-7-17(8-10-21)11-13-26(15-18-4-2-6-20(24)14-18)22(28)19-5-3-12-27(16-19)23(25)29/h2,4,6-10,14,19H,3,5,11-13,15-16H2,1H3,(H2,25,29). The van der Waals surface area contributed by atoms with Gasteiger partial charge >= 0.3 is 6.03 Å². The Balaban J connectivity index is 1.73. The van der Waals surface area contributed by atoms with E-state index in [1.807, 2.05) is 53.4 Å². The molecule has 3 amide bonds. The Hall–Kier alpha value is -2.73. The third-order valence-electron chi connectivity index (χ3n) is 5.49. The normalized spacial score (nSPS) is 16.2. The Bertz CT molecular complexity index is 872. The van der Waals surface area contributed by atoms with Gasteiger partial charge in [0.2, 0.25) is 5.91 Å². The maximum absolute atomic E-state index is 13.4. The number of rotatable bonds is 7. The van der Waals surface area contributed by atoms with Crippen LogP contribution in [0.4, 0.5) is 4.79 Å². The van der Waals surface area contributed by atoms with E-state index in [9.17, 15) is 9.59 Å². The van der Waals surface area contributed by atoms with Crippen molar-refractivity contribution in [2.45, 2.75) is 25.8 Å². The van der Waals surface area contributed by atoms with E-state index in [0.717, 1.165) is 36.1 Å². The summed E-state index contributed by atoms with van der Waals surface area (Å²) in [6, 6.07) is 15.0. The van der Waals surface area contributed by atoms with Crippen LogP contribution in [0.5, 0.6) is 5.75 Å². The van der Waals surface area contributed by atoms with Crippen molar-refractivity contribution in [2.24, 2.45) is 11.7 Å². The number of amides is 3. The van der Waals surface area contributed by atoms with Crippen molar-refractivity contribution < 1.29 is 14.3 Å². The molecule has 0 saturated carbocycles. The number of hydrogen-bond donors (Lipinski definition) is 1. The second-order valence-electron chi connectivity index (χ2n) is 7.61. The number of likely N-dealkylation sites (tertiary alicyclic amines) is 1. The highest BCUT2D eigenvalue weighted by molar-refractivity contribution is 6.30. The molecule has 0 radical (unpaired) electrons. The monoisotopic (exact) mass is 429 g/mol. The number of carbonyl (C=O) groups excluding carboxylic acids is 2. The average molecular weight is 430 g/mol. The van der Waals surface area contributed by atoms with Crippen LogP contribution in [0.25, 0.3) is 0 Å². The van der Waals surface area contributed by atoms with Crippen LogP contribution in [0, 0.1) is 5.92 Å². The summed E-state index contributed by atoms with van der Waals surface area (Å²) in [5, 5.41) is 0.646. The molecule has 1 atom stereocenters. The number of nitrogens with zero attached hydrogens (tertiary/aromatic N) is 2. The summed E-state index contributed by atoms with van der Waals surface area (Å²) < 4.78 is 5.21. The summed E-state index contributed by atoms with van der Waals surface area (Å²) in [6.45, 7) is 2.04. The van der Waals surface area contributed by atoms with Gasteiger partial charge < -0.3 is 20.3 Å². The largest absolute Gasteiger partial charge is 0.497 e. The lowest BCUT2D eigenvalue weighted by Crippen LogP contribution is -2.48. The van der Waals surface area contributed by atoms with E-state index >= 15 is 0 Å². The Morgan fingerprint density at radius 1 is 1.20 bits per heavy atom. The van der Waals surface area contributed by atoms with Gasteiger partial charge in [0.15, 0.2) is 0 Å². The molecule has 160 valence electrons. The number of primary amides is 1. The van der Waals surface area contributed by atoms with Crippen LogP contribution in [0.15, 0.2) is 48.5 Å². The van der Waals surface area contributed by atoms with E-state index in [1.165, 1.54) is 0 Å². The van der Waals surface area contributed by atoms with Crippen molar-refractivity contribution in [3.8, 4) is 5.75 Å². The minimum Gasteiger partial charge on any atom is -0.497 e. The summed E-state index contributed by atoms with van der Waals surface area (Å²) in [4.78, 5) is 28.4. The van der Waals surface area contributed by atoms with Crippen LogP contribution in [0.2, 0.25) is 5.02 Å². The Labute approximate surface area is 182 Å². The number of halogens is 1. The topological polar surface area (TPSA) is 75.9 Å². The first-order valence-electron chi connectivity index (χ1n) is 10.2. The molecule has 7 heteroatoms. The Morgan fingerprint density at radius 2 is 1.97 bits per heavy atom. The number of carbonyl (C=O) groups is 2. The Morgan fingerprint density at radius 3 is 2.63 bits per heavy atom. The third kappa shape index (κ3) is 5.89. The van der Waals surface area contributed by atoms with Gasteiger partial charge in [-0.25, -0.2) is 4.79 Å². The van der Waals surface area contributed by atoms with Gasteiger partial charge in [-0.2, -0.15) is 0 Å². The zero-order valence-corrected chi connectivity index (χ0v) is 18.0. The first kappa shape index (κ1) is 22.0. The van der Waals surface area contributed by atoms with Crippen LogP contribution in [-0.4, -0.2) is 48.5 Å². The van der Waals surface area contributed by atoms with E-state index < -0.39 is 6.03 Å². The average Bonchev–Trinajstić information content (AvgIpc) is 2.76. The zero-order chi connectivity index (χ0) is 21.5. The predicted octanol–water partition coefficient (Wildman–Crippen LogP) is 3.71. The third-order valence-corrected chi connectivity index (χ3v) is 5.72. The number of piperidine rings is 1. The van der Waals surface area contributed by atoms with Crippen LogP contribution in [-0.2, 0) is 17.8 Å². The summed E-state index contributed by atoms with van der Waals surface area (Å²) in [5.74, 6) is 0.620. The molecular formula is C23H28ClN3O3. The lowest BCUT2D eigenvalue weighted by Gasteiger charge is -2.34. The van der Waals surface area contributed by atoms with E-state index in [0.29, 0.717) is 31.2 Å². The van der Waals surface area contributed by atoms with Gasteiger partial charge in [-0.15, -0.1) is 0 Å². The summed E-state index contributed by atoms with van der Waals surface area (Å²) in [6.07, 6.45) is 2.27. The summed E-state index contributed by atoms with van der Waals surface area (Å²) >= 11 is 6.14. The number of ether oxygens (including phenoxy) is 1. The molecule has 1 aliphatic heterocycles. The maximum Gasteiger partial charge on any atom is 0.314 e. The summed E-state index contributed by atoms with van der Waals surface area (Å²) in [7, 11) is 1.64. The van der Waals surface area contributed by atoms with Gasteiger partial charge in [0.1, 0.15) is 5.75 Å². The maximum atomic E-state index is 13.4. The molecule has 2 aromatic carbocycles. The molecule has 3 rings (SSSR count). The molecule has 6 nitrogen and oxygen atoms in total. The fourth-order valence-corrected chi connectivity index (χ4v) is 4.03. The minimum atomic E-state index is -0.466. The quantitative estimate of drug-likeness (QED) is 0.728. The molecule has 1 aliphatic rings. The van der Waals surface area contributed by atoms with Gasteiger partial charge in [0.25, 0.3) is 0 Å². The van der Waals surface area contributed by atoms with Crippen molar-refractivity contribution in [1.82, 2.24) is 9.80 Å². The second kappa shape index (κ2) is 10.3. The van der Waals surface area contributed by atoms with Gasteiger partial charge in [-0.3, -0.25) is 4.79 Å². The lowest BCUT2D eigenvalue weighted by molar-refractivity contribution is -0.137. The molecule has 1 heterocycles. The molecule has 1 saturated heterocycles. The van der Waals surface area contributed by atoms with Gasteiger partial charge in [0.05, 0.1) is 13.0 Å². The van der Waals surface area contributed by atoms with E-state index in [1.54, 1.807) is 12.0 Å². The first-order chi connectivity index (χ1) is 14.5. The van der Waals surface area contributed by atoms with Crippen molar-refractivity contribution >= 4 is 23.5 Å². The minimum absolute atomic E-state index is 0.0504. The van der Waals surface area contributed by atoms with Crippen LogP contribution < -0.4 is 10.5 Å². The highest BCUT2D eigenvalue weighted by Crippen LogP contribution is 2.22. The molecular weight excluding hydrogens is 402 g/mol. The number of methoxy groups -OCH3 is 1. The SMILES string of the molecule is COc1ccc(CCN(Cc2cccc(Cl)c2)C(=O)C2CCCN(C(N)=O)C2)cc1. The van der Waals surface area contributed by atoms with Crippen LogP contribution in [0.1, 0.15) is 24.0 Å². The van der Waals surface area contributed by atoms with Crippen molar-refractivity contribution in [1.29, 1.82) is 0 Å². The fourth-order valence-electron chi connectivity index (χ4n) is 3.82. The molecule has 30 heavy (non-hydrogen) atoms. The molecule has 0 aromatic heterocycles. The Kier molecular flexibility index (Phi) is 7.57. The molecule has 1 fully saturated rings. The molecule has 0 spiro atoms. The van der Waals surface area contributed by atoms with E-state index in [-0.39, 0.29) is 11.8 Å². The van der Waals surface area contributed by atoms with Gasteiger partial charge in [-0.1, -0.05) is 35.9 Å². The number of urea groups is 1. The van der Waals surface area contributed by atoms with Gasteiger partial charge in [0, 0.05) is 31.2 Å². The zero-order valence-electron chi connectivity index (χ0n) is 17.2. The smallest absolute Gasteiger partial charge is 0.314 e. The highest BCUT2D eigenvalue weighted by atomic mass is 35.5. The highest BCUT2D eigenvalue weighted by Gasteiger charge is 2.30. The molecule has 0 aliphatic carbocycles. The number of hydrogen-bond acceptors (Lipinski definition) is 3. The lowest BCUT2D eigenvalue weighted by atomic mass is 9.96. The van der Waals surface area contributed by atoms with Crippen molar-refractivity contribution in [3.63, 3.8) is 0 Å². The second-order valence-corrected chi connectivity index (χ2v) is 8.05.